The number of fused-ring (bicyclic) bond motifs is 1. The molecule has 0 spiro atoms. The number of aromatic nitrogens is 2. The lowest BCUT2D eigenvalue weighted by atomic mass is 9.87. The van der Waals surface area contributed by atoms with E-state index in [0.29, 0.717) is 33.1 Å². The van der Waals surface area contributed by atoms with E-state index in [-0.39, 0.29) is 29.5 Å². The summed E-state index contributed by atoms with van der Waals surface area (Å²) in [5, 5.41) is 10.5. The number of nitrogens with one attached hydrogen (secondary N) is 1. The first-order valence-electron chi connectivity index (χ1n) is 12.8. The van der Waals surface area contributed by atoms with Gasteiger partial charge in [0.05, 0.1) is 16.6 Å². The van der Waals surface area contributed by atoms with Gasteiger partial charge in [-0.3, -0.25) is 4.79 Å². The minimum atomic E-state index is -1.17. The molecule has 2 N–H and O–H groups in total. The fourth-order valence-corrected chi connectivity index (χ4v) is 5.28. The smallest absolute Gasteiger partial charge is 0.336 e. The molecule has 1 atom stereocenters. The summed E-state index contributed by atoms with van der Waals surface area (Å²) in [7, 11) is 0. The second-order valence-electron chi connectivity index (χ2n) is 9.49. The van der Waals surface area contributed by atoms with Gasteiger partial charge in [0.25, 0.3) is 0 Å². The van der Waals surface area contributed by atoms with Crippen LogP contribution in [0.3, 0.4) is 0 Å². The van der Waals surface area contributed by atoms with Crippen LogP contribution in [0.2, 0.25) is 5.02 Å². The molecule has 0 aliphatic carbocycles. The van der Waals surface area contributed by atoms with E-state index in [2.05, 4.69) is 9.97 Å². The fourth-order valence-electron chi connectivity index (χ4n) is 5.00. The Morgan fingerprint density at radius 3 is 2.46 bits per heavy atom. The number of H-pyrrole nitrogens is 1. The minimum Gasteiger partial charge on any atom is -0.478 e. The predicted molar refractivity (Wildman–Crippen MR) is 152 cm³/mol. The largest absolute Gasteiger partial charge is 0.478 e. The number of hydrogen-bond donors (Lipinski definition) is 2. The van der Waals surface area contributed by atoms with Crippen molar-refractivity contribution in [1.29, 1.82) is 0 Å². The molecule has 0 bridgehead atoms. The molecule has 5 nitrogen and oxygen atoms in total. The Hall–Kier alpha value is -4.29. The number of benzene rings is 4. The Morgan fingerprint density at radius 2 is 1.74 bits per heavy atom. The Bertz CT molecular complexity index is 1640. The molecule has 196 valence electrons. The zero-order valence-electron chi connectivity index (χ0n) is 21.2. The van der Waals surface area contributed by atoms with Crippen LogP contribution in [-0.2, 0) is 0 Å². The van der Waals surface area contributed by atoms with E-state index >= 15 is 0 Å². The number of aromatic amines is 1. The highest BCUT2D eigenvalue weighted by Gasteiger charge is 2.23. The van der Waals surface area contributed by atoms with Crippen LogP contribution in [0, 0.1) is 5.82 Å². The molecule has 0 aliphatic heterocycles. The van der Waals surface area contributed by atoms with E-state index in [1.807, 2.05) is 37.3 Å². The number of Topliss-reactive ketones (excluding diaryl/α,β-unsaturated/α-hetero) is 1. The molecular formula is C32H26ClFN2O3. The number of hydrogen-bond acceptors (Lipinski definition) is 3. The van der Waals surface area contributed by atoms with E-state index in [9.17, 15) is 19.1 Å². The quantitative estimate of drug-likeness (QED) is 0.183. The van der Waals surface area contributed by atoms with E-state index in [1.54, 1.807) is 36.4 Å². The highest BCUT2D eigenvalue weighted by atomic mass is 35.5. The maximum Gasteiger partial charge on any atom is 0.336 e. The molecule has 0 fully saturated rings. The molecule has 1 aromatic heterocycles. The van der Waals surface area contributed by atoms with Crippen LogP contribution in [0.5, 0.6) is 0 Å². The zero-order chi connectivity index (χ0) is 27.5. The summed E-state index contributed by atoms with van der Waals surface area (Å²) in [6, 6.07) is 23.8. The number of aromatic carboxylic acids is 1. The first-order chi connectivity index (χ1) is 18.9. The van der Waals surface area contributed by atoms with Crippen molar-refractivity contribution in [2.45, 2.75) is 32.1 Å². The average molecular weight is 541 g/mol. The summed E-state index contributed by atoms with van der Waals surface area (Å²) >= 11 is 6.65. The third-order valence-electron chi connectivity index (χ3n) is 6.91. The molecular weight excluding hydrogens is 515 g/mol. The molecule has 0 saturated carbocycles. The Balaban J connectivity index is 1.54. The third kappa shape index (κ3) is 5.47. The summed E-state index contributed by atoms with van der Waals surface area (Å²) < 4.78 is 13.4. The molecule has 7 heteroatoms. The topological polar surface area (TPSA) is 83.0 Å². The fraction of sp³-hybridized carbons (Fsp3) is 0.156. The molecule has 1 heterocycles. The van der Waals surface area contributed by atoms with Gasteiger partial charge in [-0.25, -0.2) is 14.2 Å². The number of carbonyl (C=O) groups excluding carboxylic acids is 1. The van der Waals surface area contributed by atoms with Gasteiger partial charge in [0.2, 0.25) is 0 Å². The van der Waals surface area contributed by atoms with Crippen molar-refractivity contribution in [3.8, 4) is 22.5 Å². The second kappa shape index (κ2) is 11.2. The van der Waals surface area contributed by atoms with Crippen molar-refractivity contribution < 1.29 is 19.1 Å². The molecule has 5 aromatic rings. The normalized spacial score (nSPS) is 12.0. The van der Waals surface area contributed by atoms with Gasteiger partial charge < -0.3 is 10.1 Å². The summed E-state index contributed by atoms with van der Waals surface area (Å²) in [4.78, 5) is 33.7. The molecule has 0 amide bonds. The Kier molecular flexibility index (Phi) is 7.57. The monoisotopic (exact) mass is 540 g/mol. The third-order valence-corrected chi connectivity index (χ3v) is 7.22. The lowest BCUT2D eigenvalue weighted by Crippen LogP contribution is -2.10. The first kappa shape index (κ1) is 26.3. The molecule has 0 radical (unpaired) electrons. The maximum absolute atomic E-state index is 13.4. The van der Waals surface area contributed by atoms with Crippen LogP contribution in [0.15, 0.2) is 84.9 Å². The van der Waals surface area contributed by atoms with E-state index in [1.165, 1.54) is 18.2 Å². The predicted octanol–water partition coefficient (Wildman–Crippen LogP) is 8.54. The van der Waals surface area contributed by atoms with E-state index in [0.717, 1.165) is 29.4 Å². The van der Waals surface area contributed by atoms with Gasteiger partial charge in [-0.1, -0.05) is 73.5 Å². The lowest BCUT2D eigenvalue weighted by molar-refractivity contribution is 0.0697. The highest BCUT2D eigenvalue weighted by Crippen LogP contribution is 2.39. The Labute approximate surface area is 230 Å². The van der Waals surface area contributed by atoms with Crippen LogP contribution in [0.1, 0.15) is 58.4 Å². The van der Waals surface area contributed by atoms with Gasteiger partial charge in [-0.05, 0) is 59.9 Å². The van der Waals surface area contributed by atoms with Crippen LogP contribution in [0.4, 0.5) is 4.39 Å². The highest BCUT2D eigenvalue weighted by molar-refractivity contribution is 6.34. The van der Waals surface area contributed by atoms with Crippen molar-refractivity contribution in [3.05, 3.63) is 112 Å². The maximum atomic E-state index is 13.4. The lowest BCUT2D eigenvalue weighted by Gasteiger charge is -2.17. The SMILES string of the molecule is CCCC(CC(=O)c1ccc(-c2c(Cl)cccc2-c2nc3ccccc3[nH]2)c(C(=O)O)c1)c1ccc(F)cc1. The molecule has 0 saturated heterocycles. The molecule has 39 heavy (non-hydrogen) atoms. The number of nitrogens with zero attached hydrogens (tertiary/aromatic N) is 1. The number of carboxylic acid groups (broad SMARTS) is 1. The van der Waals surface area contributed by atoms with Gasteiger partial charge in [-0.15, -0.1) is 0 Å². The number of rotatable bonds is 9. The molecule has 0 aliphatic rings. The zero-order valence-corrected chi connectivity index (χ0v) is 22.0. The number of para-hydroxylation sites is 2. The van der Waals surface area contributed by atoms with Crippen molar-refractivity contribution in [2.24, 2.45) is 0 Å². The minimum absolute atomic E-state index is 0.0277. The van der Waals surface area contributed by atoms with Gasteiger partial charge in [-0.2, -0.15) is 0 Å². The van der Waals surface area contributed by atoms with Gasteiger partial charge in [0.1, 0.15) is 11.6 Å². The van der Waals surface area contributed by atoms with E-state index in [4.69, 9.17) is 11.6 Å². The molecule has 5 rings (SSSR count). The standard InChI is InChI=1S/C32H26ClFN2O3/c1-2-6-20(19-11-14-22(34)15-12-19)18-29(37)21-13-16-23(25(17-21)32(38)39)30-24(7-5-8-26(30)33)31-35-27-9-3-4-10-28(27)36-31/h3-5,7-17,20H,2,6,18H2,1H3,(H,35,36)(H,38,39). The number of carbonyl (C=O) groups is 2. The van der Waals surface area contributed by atoms with Gasteiger partial charge >= 0.3 is 5.97 Å². The number of halogens is 2. The second-order valence-corrected chi connectivity index (χ2v) is 9.90. The number of ketones is 1. The summed E-state index contributed by atoms with van der Waals surface area (Å²) in [6.45, 7) is 2.03. The van der Waals surface area contributed by atoms with Crippen LogP contribution in [-0.4, -0.2) is 26.8 Å². The van der Waals surface area contributed by atoms with Gasteiger partial charge in [0, 0.05) is 28.1 Å². The van der Waals surface area contributed by atoms with Crippen molar-refractivity contribution in [1.82, 2.24) is 9.97 Å². The van der Waals surface area contributed by atoms with Crippen LogP contribution < -0.4 is 0 Å². The van der Waals surface area contributed by atoms with Crippen molar-refractivity contribution >= 4 is 34.4 Å². The number of imidazole rings is 1. The van der Waals surface area contributed by atoms with E-state index < -0.39 is 5.97 Å². The van der Waals surface area contributed by atoms with Crippen molar-refractivity contribution in [3.63, 3.8) is 0 Å². The average Bonchev–Trinajstić information content (AvgIpc) is 3.37. The summed E-state index contributed by atoms with van der Waals surface area (Å²) in [6.07, 6.45) is 1.79. The van der Waals surface area contributed by atoms with Gasteiger partial charge in [0.15, 0.2) is 5.78 Å². The molecule has 1 unspecified atom stereocenters. The summed E-state index contributed by atoms with van der Waals surface area (Å²) in [5.41, 5.74) is 4.35. The molecule has 4 aromatic carbocycles. The van der Waals surface area contributed by atoms with Crippen LogP contribution >= 0.6 is 11.6 Å². The Morgan fingerprint density at radius 1 is 0.974 bits per heavy atom. The summed E-state index contributed by atoms with van der Waals surface area (Å²) in [5.74, 6) is -1.21. The number of carboxylic acids is 1. The van der Waals surface area contributed by atoms with Crippen LogP contribution in [0.25, 0.3) is 33.5 Å². The van der Waals surface area contributed by atoms with Crippen molar-refractivity contribution in [2.75, 3.05) is 0 Å². The first-order valence-corrected chi connectivity index (χ1v) is 13.1.